The molecular weight excluding hydrogens is 202 g/mol. The molecule has 4 heteroatoms. The van der Waals surface area contributed by atoms with E-state index in [2.05, 4.69) is 11.1 Å². The van der Waals surface area contributed by atoms with E-state index in [1.165, 1.54) is 0 Å². The van der Waals surface area contributed by atoms with E-state index in [0.717, 1.165) is 17.9 Å². The standard InChI is InChI=1S/C12H17N3O/c1-3-15(8-4-7-13)12-6-5-11(9-14-12)10(2)16/h5-6,9-10,16H,3-4,8H2,1-2H3. The number of nitrogens with zero attached hydrogens (tertiary/aromatic N) is 3. The van der Waals surface area contributed by atoms with E-state index >= 15 is 0 Å². The fourth-order valence-corrected chi connectivity index (χ4v) is 1.45. The van der Waals surface area contributed by atoms with Crippen LogP contribution >= 0.6 is 0 Å². The van der Waals surface area contributed by atoms with E-state index in [9.17, 15) is 5.11 Å². The van der Waals surface area contributed by atoms with Gasteiger partial charge in [0.2, 0.25) is 0 Å². The molecular formula is C12H17N3O. The largest absolute Gasteiger partial charge is 0.389 e. The Morgan fingerprint density at radius 3 is 2.75 bits per heavy atom. The van der Waals surface area contributed by atoms with E-state index in [-0.39, 0.29) is 0 Å². The molecule has 4 nitrogen and oxygen atoms in total. The van der Waals surface area contributed by atoms with Gasteiger partial charge in [-0.25, -0.2) is 4.98 Å². The molecule has 16 heavy (non-hydrogen) atoms. The maximum atomic E-state index is 9.36. The first kappa shape index (κ1) is 12.5. The van der Waals surface area contributed by atoms with Gasteiger partial charge in [-0.2, -0.15) is 5.26 Å². The summed E-state index contributed by atoms with van der Waals surface area (Å²) in [4.78, 5) is 6.32. The smallest absolute Gasteiger partial charge is 0.128 e. The van der Waals surface area contributed by atoms with Crippen LogP contribution < -0.4 is 4.90 Å². The zero-order valence-corrected chi connectivity index (χ0v) is 9.72. The van der Waals surface area contributed by atoms with Crippen molar-refractivity contribution >= 4 is 5.82 Å². The average Bonchev–Trinajstić information content (AvgIpc) is 2.30. The second-order valence-electron chi connectivity index (χ2n) is 3.61. The predicted octanol–water partition coefficient (Wildman–Crippen LogP) is 1.87. The minimum absolute atomic E-state index is 0.490. The van der Waals surface area contributed by atoms with Gasteiger partial charge in [-0.05, 0) is 25.5 Å². The van der Waals surface area contributed by atoms with Gasteiger partial charge in [-0.1, -0.05) is 6.07 Å². The van der Waals surface area contributed by atoms with E-state index in [1.807, 2.05) is 24.0 Å². The van der Waals surface area contributed by atoms with Crippen LogP contribution in [0.3, 0.4) is 0 Å². The molecule has 1 aromatic rings. The van der Waals surface area contributed by atoms with Gasteiger partial charge in [-0.3, -0.25) is 0 Å². The van der Waals surface area contributed by atoms with Gasteiger partial charge >= 0.3 is 0 Å². The molecule has 0 saturated heterocycles. The second-order valence-corrected chi connectivity index (χ2v) is 3.61. The molecule has 1 atom stereocenters. The highest BCUT2D eigenvalue weighted by Gasteiger charge is 2.06. The Kier molecular flexibility index (Phi) is 4.74. The average molecular weight is 219 g/mol. The quantitative estimate of drug-likeness (QED) is 0.821. The van der Waals surface area contributed by atoms with Crippen molar-refractivity contribution in [2.24, 2.45) is 0 Å². The Labute approximate surface area is 96.2 Å². The van der Waals surface area contributed by atoms with Gasteiger partial charge in [0.25, 0.3) is 0 Å². The summed E-state index contributed by atoms with van der Waals surface area (Å²) in [5, 5.41) is 17.9. The van der Waals surface area contributed by atoms with E-state index in [0.29, 0.717) is 13.0 Å². The third-order valence-corrected chi connectivity index (χ3v) is 2.45. The predicted molar refractivity (Wildman–Crippen MR) is 63.0 cm³/mol. The molecule has 1 unspecified atom stereocenters. The van der Waals surface area contributed by atoms with Gasteiger partial charge in [0, 0.05) is 19.3 Å². The lowest BCUT2D eigenvalue weighted by Crippen LogP contribution is -2.24. The van der Waals surface area contributed by atoms with Crippen molar-refractivity contribution in [1.29, 1.82) is 5.26 Å². The highest BCUT2D eigenvalue weighted by molar-refractivity contribution is 5.39. The zero-order valence-electron chi connectivity index (χ0n) is 9.72. The topological polar surface area (TPSA) is 60.2 Å². The van der Waals surface area contributed by atoms with Crippen molar-refractivity contribution in [2.45, 2.75) is 26.4 Å². The van der Waals surface area contributed by atoms with Crippen LogP contribution in [0.4, 0.5) is 5.82 Å². The lowest BCUT2D eigenvalue weighted by Gasteiger charge is -2.20. The number of nitriles is 1. The van der Waals surface area contributed by atoms with Crippen molar-refractivity contribution in [3.63, 3.8) is 0 Å². The summed E-state index contributed by atoms with van der Waals surface area (Å²) in [7, 11) is 0. The summed E-state index contributed by atoms with van der Waals surface area (Å²) in [6, 6.07) is 5.86. The van der Waals surface area contributed by atoms with Crippen molar-refractivity contribution in [1.82, 2.24) is 4.98 Å². The highest BCUT2D eigenvalue weighted by Crippen LogP contribution is 2.15. The number of aliphatic hydroxyl groups is 1. The molecule has 86 valence electrons. The highest BCUT2D eigenvalue weighted by atomic mass is 16.3. The Hall–Kier alpha value is -1.60. The number of pyridine rings is 1. The summed E-state index contributed by atoms with van der Waals surface area (Å²) in [5.74, 6) is 0.849. The van der Waals surface area contributed by atoms with Crippen LogP contribution in [-0.4, -0.2) is 23.2 Å². The van der Waals surface area contributed by atoms with Crippen LogP contribution in [0.2, 0.25) is 0 Å². The SMILES string of the molecule is CCN(CCC#N)c1ccc(C(C)O)cn1. The summed E-state index contributed by atoms with van der Waals surface area (Å²) in [6.07, 6.45) is 1.68. The minimum atomic E-state index is -0.490. The van der Waals surface area contributed by atoms with Crippen LogP contribution in [0.1, 0.15) is 31.9 Å². The second kappa shape index (κ2) is 6.09. The number of anilines is 1. The Balaban J connectivity index is 2.75. The maximum Gasteiger partial charge on any atom is 0.128 e. The van der Waals surface area contributed by atoms with Crippen molar-refractivity contribution in [3.05, 3.63) is 23.9 Å². The Bertz CT molecular complexity index is 354. The van der Waals surface area contributed by atoms with Gasteiger partial charge in [-0.15, -0.1) is 0 Å². The molecule has 1 rings (SSSR count). The van der Waals surface area contributed by atoms with Crippen LogP contribution in [0.15, 0.2) is 18.3 Å². The van der Waals surface area contributed by atoms with Crippen LogP contribution in [0, 0.1) is 11.3 Å². The van der Waals surface area contributed by atoms with E-state index in [4.69, 9.17) is 5.26 Å². The summed E-state index contributed by atoms with van der Waals surface area (Å²) in [5.41, 5.74) is 0.806. The third-order valence-electron chi connectivity index (χ3n) is 2.45. The Morgan fingerprint density at radius 1 is 1.56 bits per heavy atom. The van der Waals surface area contributed by atoms with Gasteiger partial charge in [0.1, 0.15) is 5.82 Å². The third kappa shape index (κ3) is 3.21. The van der Waals surface area contributed by atoms with E-state index < -0.39 is 6.10 Å². The first-order valence-corrected chi connectivity index (χ1v) is 5.45. The van der Waals surface area contributed by atoms with Gasteiger partial charge in [0.15, 0.2) is 0 Å². The molecule has 0 aliphatic heterocycles. The minimum Gasteiger partial charge on any atom is -0.389 e. The lowest BCUT2D eigenvalue weighted by atomic mass is 10.2. The molecule has 0 aromatic carbocycles. The number of hydrogen-bond acceptors (Lipinski definition) is 4. The molecule has 0 radical (unpaired) electrons. The van der Waals surface area contributed by atoms with Gasteiger partial charge in [0.05, 0.1) is 18.6 Å². The maximum absolute atomic E-state index is 9.36. The summed E-state index contributed by atoms with van der Waals surface area (Å²) in [6.45, 7) is 5.25. The normalized spacial score (nSPS) is 11.9. The van der Waals surface area contributed by atoms with Crippen LogP contribution in [0.25, 0.3) is 0 Å². The van der Waals surface area contributed by atoms with Crippen LogP contribution in [-0.2, 0) is 0 Å². The molecule has 1 aromatic heterocycles. The summed E-state index contributed by atoms with van der Waals surface area (Å²) < 4.78 is 0. The molecule has 0 aliphatic rings. The van der Waals surface area contributed by atoms with Crippen molar-refractivity contribution in [2.75, 3.05) is 18.0 Å². The fourth-order valence-electron chi connectivity index (χ4n) is 1.45. The van der Waals surface area contributed by atoms with Crippen molar-refractivity contribution < 1.29 is 5.11 Å². The van der Waals surface area contributed by atoms with Crippen LogP contribution in [0.5, 0.6) is 0 Å². The summed E-state index contributed by atoms with van der Waals surface area (Å²) >= 11 is 0. The monoisotopic (exact) mass is 219 g/mol. The number of aromatic nitrogens is 1. The number of rotatable bonds is 5. The molecule has 0 amide bonds. The first-order chi connectivity index (χ1) is 7.69. The molecule has 0 bridgehead atoms. The molecule has 0 aliphatic carbocycles. The molecule has 0 spiro atoms. The Morgan fingerprint density at radius 2 is 2.31 bits per heavy atom. The fraction of sp³-hybridized carbons (Fsp3) is 0.500. The zero-order chi connectivity index (χ0) is 12.0. The molecule has 0 fully saturated rings. The number of aliphatic hydroxyl groups excluding tert-OH is 1. The lowest BCUT2D eigenvalue weighted by molar-refractivity contribution is 0.199. The molecule has 1 heterocycles. The first-order valence-electron chi connectivity index (χ1n) is 5.45. The molecule has 0 saturated carbocycles. The van der Waals surface area contributed by atoms with Crippen molar-refractivity contribution in [3.8, 4) is 6.07 Å². The number of hydrogen-bond donors (Lipinski definition) is 1. The molecule has 1 N–H and O–H groups in total. The van der Waals surface area contributed by atoms with Gasteiger partial charge < -0.3 is 10.0 Å². The van der Waals surface area contributed by atoms with E-state index in [1.54, 1.807) is 13.1 Å².